The van der Waals surface area contributed by atoms with E-state index in [9.17, 15) is 4.79 Å². The number of aryl methyl sites for hydroxylation is 1. The van der Waals surface area contributed by atoms with Gasteiger partial charge in [-0.25, -0.2) is 4.98 Å². The Balaban J connectivity index is 1.22. The minimum atomic E-state index is 0.177. The Morgan fingerprint density at radius 3 is 2.55 bits per heavy atom. The first-order valence-corrected chi connectivity index (χ1v) is 10.5. The van der Waals surface area contributed by atoms with Crippen molar-refractivity contribution in [3.05, 3.63) is 59.0 Å². The van der Waals surface area contributed by atoms with Gasteiger partial charge in [0.1, 0.15) is 5.82 Å². The second-order valence-electron chi connectivity index (χ2n) is 6.92. The Morgan fingerprint density at radius 1 is 1.03 bits per heavy atom. The molecular formula is C21H22BrN5O2. The molecule has 0 spiro atoms. The van der Waals surface area contributed by atoms with Gasteiger partial charge < -0.3 is 14.2 Å². The Hall–Kier alpha value is -2.74. The normalized spacial score (nSPS) is 14.2. The summed E-state index contributed by atoms with van der Waals surface area (Å²) in [5.41, 5.74) is 0.903. The van der Waals surface area contributed by atoms with Crippen LogP contribution in [0.4, 0.5) is 5.82 Å². The Labute approximate surface area is 177 Å². The van der Waals surface area contributed by atoms with Crippen LogP contribution in [-0.4, -0.2) is 52.2 Å². The second-order valence-corrected chi connectivity index (χ2v) is 7.84. The van der Waals surface area contributed by atoms with E-state index in [0.717, 1.165) is 42.0 Å². The summed E-state index contributed by atoms with van der Waals surface area (Å²) < 4.78 is 6.67. The van der Waals surface area contributed by atoms with E-state index in [1.165, 1.54) is 0 Å². The number of carbonyl (C=O) groups is 1. The SMILES string of the molecule is O=C(CCCc1nnc(-c2ccccc2)o1)N1CCN(c2ccc(Br)cn2)CC1. The predicted molar refractivity (Wildman–Crippen MR) is 113 cm³/mol. The van der Waals surface area contributed by atoms with Gasteiger partial charge in [-0.1, -0.05) is 18.2 Å². The van der Waals surface area contributed by atoms with Crippen LogP contribution in [0.3, 0.4) is 0 Å². The van der Waals surface area contributed by atoms with E-state index in [-0.39, 0.29) is 5.91 Å². The lowest BCUT2D eigenvalue weighted by atomic mass is 10.2. The fourth-order valence-corrected chi connectivity index (χ4v) is 3.58. The van der Waals surface area contributed by atoms with Crippen LogP contribution in [0.1, 0.15) is 18.7 Å². The zero-order valence-corrected chi connectivity index (χ0v) is 17.6. The first-order chi connectivity index (χ1) is 14.2. The quantitative estimate of drug-likeness (QED) is 0.565. The van der Waals surface area contributed by atoms with Crippen LogP contribution in [0.15, 0.2) is 57.6 Å². The number of hydrogen-bond acceptors (Lipinski definition) is 6. The van der Waals surface area contributed by atoms with Crippen LogP contribution in [-0.2, 0) is 11.2 Å². The van der Waals surface area contributed by atoms with Gasteiger partial charge in [0, 0.05) is 55.3 Å². The average molecular weight is 456 g/mol. The molecule has 7 nitrogen and oxygen atoms in total. The van der Waals surface area contributed by atoms with Crippen molar-refractivity contribution in [2.75, 3.05) is 31.1 Å². The summed E-state index contributed by atoms with van der Waals surface area (Å²) in [4.78, 5) is 21.1. The van der Waals surface area contributed by atoms with E-state index < -0.39 is 0 Å². The summed E-state index contributed by atoms with van der Waals surface area (Å²) in [5, 5.41) is 8.18. The molecule has 29 heavy (non-hydrogen) atoms. The van der Waals surface area contributed by atoms with E-state index in [1.54, 1.807) is 6.20 Å². The molecule has 8 heteroatoms. The number of rotatable bonds is 6. The molecule has 0 atom stereocenters. The number of carbonyl (C=O) groups excluding carboxylic acids is 1. The van der Waals surface area contributed by atoms with Gasteiger partial charge in [0.25, 0.3) is 0 Å². The maximum Gasteiger partial charge on any atom is 0.247 e. The molecule has 1 fully saturated rings. The standard InChI is InChI=1S/C21H22BrN5O2/c22-17-9-10-18(23-15-17)26-11-13-27(14-12-26)20(28)8-4-7-19-24-25-21(29-19)16-5-2-1-3-6-16/h1-3,5-6,9-10,15H,4,7-8,11-14H2. The van der Waals surface area contributed by atoms with Gasteiger partial charge in [0.15, 0.2) is 0 Å². The number of halogens is 1. The van der Waals surface area contributed by atoms with E-state index in [2.05, 4.69) is 36.0 Å². The van der Waals surface area contributed by atoms with Crippen molar-refractivity contribution in [3.63, 3.8) is 0 Å². The number of aromatic nitrogens is 3. The minimum Gasteiger partial charge on any atom is -0.421 e. The van der Waals surface area contributed by atoms with Gasteiger partial charge in [-0.2, -0.15) is 0 Å². The zero-order chi connectivity index (χ0) is 20.1. The van der Waals surface area contributed by atoms with Gasteiger partial charge in [0.05, 0.1) is 0 Å². The van der Waals surface area contributed by atoms with E-state index in [1.807, 2.05) is 47.4 Å². The van der Waals surface area contributed by atoms with Crippen LogP contribution in [0, 0.1) is 0 Å². The summed E-state index contributed by atoms with van der Waals surface area (Å²) in [6, 6.07) is 13.7. The molecule has 1 amide bonds. The highest BCUT2D eigenvalue weighted by Crippen LogP contribution is 2.19. The number of pyridine rings is 1. The third-order valence-corrected chi connectivity index (χ3v) is 5.41. The highest BCUT2D eigenvalue weighted by atomic mass is 79.9. The average Bonchev–Trinajstić information content (AvgIpc) is 3.24. The highest BCUT2D eigenvalue weighted by Gasteiger charge is 2.21. The number of hydrogen-bond donors (Lipinski definition) is 0. The number of piperazine rings is 1. The predicted octanol–water partition coefficient (Wildman–Crippen LogP) is 3.57. The molecule has 1 aromatic carbocycles. The molecule has 3 heterocycles. The molecule has 0 aliphatic carbocycles. The van der Waals surface area contributed by atoms with Gasteiger partial charge in [-0.3, -0.25) is 4.79 Å². The number of benzene rings is 1. The van der Waals surface area contributed by atoms with Crippen molar-refractivity contribution in [2.24, 2.45) is 0 Å². The fraction of sp³-hybridized carbons (Fsp3) is 0.333. The molecule has 0 bridgehead atoms. The largest absolute Gasteiger partial charge is 0.421 e. The van der Waals surface area contributed by atoms with Crippen LogP contribution < -0.4 is 4.90 Å². The monoisotopic (exact) mass is 455 g/mol. The van der Waals surface area contributed by atoms with Crippen molar-refractivity contribution in [3.8, 4) is 11.5 Å². The van der Waals surface area contributed by atoms with Crippen LogP contribution in [0.25, 0.3) is 11.5 Å². The molecule has 4 rings (SSSR count). The molecule has 150 valence electrons. The second kappa shape index (κ2) is 9.17. The molecule has 0 radical (unpaired) electrons. The van der Waals surface area contributed by atoms with Crippen molar-refractivity contribution < 1.29 is 9.21 Å². The molecule has 0 N–H and O–H groups in total. The Kier molecular flexibility index (Phi) is 6.19. The first kappa shape index (κ1) is 19.6. The van der Waals surface area contributed by atoms with Gasteiger partial charge in [-0.15, -0.1) is 10.2 Å². The highest BCUT2D eigenvalue weighted by molar-refractivity contribution is 9.10. The summed E-state index contributed by atoms with van der Waals surface area (Å²) in [6.45, 7) is 3.03. The smallest absolute Gasteiger partial charge is 0.247 e. The molecular weight excluding hydrogens is 434 g/mol. The summed E-state index contributed by atoms with van der Waals surface area (Å²) >= 11 is 3.40. The molecule has 3 aromatic rings. The third kappa shape index (κ3) is 5.00. The Morgan fingerprint density at radius 2 is 1.83 bits per heavy atom. The van der Waals surface area contributed by atoms with E-state index in [0.29, 0.717) is 31.0 Å². The topological polar surface area (TPSA) is 75.4 Å². The maximum absolute atomic E-state index is 12.5. The van der Waals surface area contributed by atoms with E-state index >= 15 is 0 Å². The molecule has 1 saturated heterocycles. The fourth-order valence-electron chi connectivity index (χ4n) is 3.34. The van der Waals surface area contributed by atoms with Crippen LogP contribution in [0.5, 0.6) is 0 Å². The van der Waals surface area contributed by atoms with Gasteiger partial charge >= 0.3 is 0 Å². The van der Waals surface area contributed by atoms with E-state index in [4.69, 9.17) is 4.42 Å². The molecule has 0 unspecified atom stereocenters. The lowest BCUT2D eigenvalue weighted by molar-refractivity contribution is -0.131. The van der Waals surface area contributed by atoms with Crippen LogP contribution in [0.2, 0.25) is 0 Å². The molecule has 1 aliphatic heterocycles. The zero-order valence-electron chi connectivity index (χ0n) is 16.0. The van der Waals surface area contributed by atoms with Crippen molar-refractivity contribution in [1.29, 1.82) is 0 Å². The maximum atomic E-state index is 12.5. The molecule has 0 saturated carbocycles. The number of anilines is 1. The summed E-state index contributed by atoms with van der Waals surface area (Å²) in [5.74, 6) is 2.22. The molecule has 2 aromatic heterocycles. The van der Waals surface area contributed by atoms with Crippen molar-refractivity contribution >= 4 is 27.7 Å². The number of amides is 1. The third-order valence-electron chi connectivity index (χ3n) is 4.94. The lowest BCUT2D eigenvalue weighted by Gasteiger charge is -2.35. The minimum absolute atomic E-state index is 0.177. The number of nitrogens with zero attached hydrogens (tertiary/aromatic N) is 5. The Bertz CT molecular complexity index is 937. The molecule has 1 aliphatic rings. The van der Waals surface area contributed by atoms with Crippen molar-refractivity contribution in [1.82, 2.24) is 20.1 Å². The lowest BCUT2D eigenvalue weighted by Crippen LogP contribution is -2.49. The van der Waals surface area contributed by atoms with Crippen LogP contribution >= 0.6 is 15.9 Å². The summed E-state index contributed by atoms with van der Waals surface area (Å²) in [6.07, 6.45) is 3.59. The van der Waals surface area contributed by atoms with Crippen molar-refractivity contribution in [2.45, 2.75) is 19.3 Å². The van der Waals surface area contributed by atoms with Gasteiger partial charge in [0.2, 0.25) is 17.7 Å². The first-order valence-electron chi connectivity index (χ1n) is 9.71. The van der Waals surface area contributed by atoms with Gasteiger partial charge in [-0.05, 0) is 46.6 Å². The summed E-state index contributed by atoms with van der Waals surface area (Å²) in [7, 11) is 0.